The molecule has 0 aliphatic heterocycles. The van der Waals surface area contributed by atoms with Gasteiger partial charge in [-0.05, 0) is 23.3 Å². The largest absolute Gasteiger partial charge is 0.471 e. The Morgan fingerprint density at radius 3 is 2.27 bits per heavy atom. The maximum atomic E-state index is 12.3. The number of alkyl halides is 3. The highest BCUT2D eigenvalue weighted by atomic mass is 35.5. The topological polar surface area (TPSA) is 46.2 Å². The van der Waals surface area contributed by atoms with E-state index in [9.17, 15) is 22.8 Å². The van der Waals surface area contributed by atoms with E-state index < -0.39 is 12.1 Å². The molecule has 7 heteroatoms. The van der Waals surface area contributed by atoms with E-state index in [1.165, 1.54) is 12.1 Å². The summed E-state index contributed by atoms with van der Waals surface area (Å²) in [7, 11) is 0. The minimum absolute atomic E-state index is 0.0687. The minimum Gasteiger partial charge on any atom is -0.317 e. The lowest BCUT2D eigenvalue weighted by atomic mass is 10.1. The van der Waals surface area contributed by atoms with Gasteiger partial charge in [-0.2, -0.15) is 13.2 Å². The zero-order valence-corrected chi connectivity index (χ0v) is 11.5. The monoisotopic (exact) mass is 325 g/mol. The predicted octanol–water partition coefficient (Wildman–Crippen LogP) is 4.05. The third-order valence-electron chi connectivity index (χ3n) is 3.32. The summed E-state index contributed by atoms with van der Waals surface area (Å²) in [5.74, 6) is -2.46. The Bertz CT molecular complexity index is 815. The lowest BCUT2D eigenvalue weighted by molar-refractivity contribution is -0.167. The Labute approximate surface area is 127 Å². The van der Waals surface area contributed by atoms with Gasteiger partial charge in [0.25, 0.3) is 0 Å². The molecular weight excluding hydrogens is 319 g/mol. The van der Waals surface area contributed by atoms with Crippen molar-refractivity contribution in [1.82, 2.24) is 0 Å². The Morgan fingerprint density at radius 2 is 1.64 bits per heavy atom. The zero-order chi connectivity index (χ0) is 16.1. The zero-order valence-electron chi connectivity index (χ0n) is 10.8. The van der Waals surface area contributed by atoms with Crippen molar-refractivity contribution in [3.05, 3.63) is 52.5 Å². The summed E-state index contributed by atoms with van der Waals surface area (Å²) in [6, 6.07) is 9.34. The SMILES string of the molecule is O=C1c2ccccc2-c2cc(Cl)c(NC(=O)C(F)(F)F)cc21. The normalized spacial score (nSPS) is 12.8. The number of ketones is 1. The summed E-state index contributed by atoms with van der Waals surface area (Å²) < 4.78 is 36.9. The molecule has 0 aromatic heterocycles. The minimum atomic E-state index is -5.03. The van der Waals surface area contributed by atoms with Gasteiger partial charge in [0.15, 0.2) is 5.78 Å². The van der Waals surface area contributed by atoms with Crippen LogP contribution in [0.5, 0.6) is 0 Å². The molecule has 22 heavy (non-hydrogen) atoms. The molecule has 1 aliphatic rings. The molecule has 0 bridgehead atoms. The average molecular weight is 326 g/mol. The van der Waals surface area contributed by atoms with Crippen molar-refractivity contribution in [3.63, 3.8) is 0 Å². The molecule has 0 saturated carbocycles. The van der Waals surface area contributed by atoms with Crippen molar-refractivity contribution in [2.24, 2.45) is 0 Å². The number of nitrogens with one attached hydrogen (secondary N) is 1. The van der Waals surface area contributed by atoms with Gasteiger partial charge in [-0.25, -0.2) is 0 Å². The maximum absolute atomic E-state index is 12.3. The van der Waals surface area contributed by atoms with Gasteiger partial charge in [0.2, 0.25) is 0 Å². The van der Waals surface area contributed by atoms with Crippen LogP contribution in [0.15, 0.2) is 36.4 Å². The van der Waals surface area contributed by atoms with Crippen LogP contribution in [-0.4, -0.2) is 17.9 Å². The second kappa shape index (κ2) is 4.84. The first kappa shape index (κ1) is 14.6. The summed E-state index contributed by atoms with van der Waals surface area (Å²) >= 11 is 5.92. The van der Waals surface area contributed by atoms with E-state index >= 15 is 0 Å². The lowest BCUT2D eigenvalue weighted by Gasteiger charge is -2.11. The smallest absolute Gasteiger partial charge is 0.317 e. The highest BCUT2D eigenvalue weighted by Crippen LogP contribution is 2.40. The van der Waals surface area contributed by atoms with Crippen LogP contribution in [0.3, 0.4) is 0 Å². The first-order valence-electron chi connectivity index (χ1n) is 6.15. The van der Waals surface area contributed by atoms with E-state index in [2.05, 4.69) is 0 Å². The van der Waals surface area contributed by atoms with Gasteiger partial charge in [0.1, 0.15) is 0 Å². The van der Waals surface area contributed by atoms with Crippen LogP contribution >= 0.6 is 11.6 Å². The Balaban J connectivity index is 2.06. The average Bonchev–Trinajstić information content (AvgIpc) is 2.72. The number of rotatable bonds is 1. The fourth-order valence-electron chi connectivity index (χ4n) is 2.33. The quantitative estimate of drug-likeness (QED) is 0.733. The molecule has 2 aromatic rings. The highest BCUT2D eigenvalue weighted by molar-refractivity contribution is 6.35. The molecule has 1 amide bonds. The van der Waals surface area contributed by atoms with Crippen LogP contribution in [0.4, 0.5) is 18.9 Å². The summed E-state index contributed by atoms with van der Waals surface area (Å²) in [4.78, 5) is 23.3. The molecule has 0 heterocycles. The first-order chi connectivity index (χ1) is 10.3. The van der Waals surface area contributed by atoms with Crippen molar-refractivity contribution in [2.75, 3.05) is 5.32 Å². The van der Waals surface area contributed by atoms with Crippen LogP contribution in [-0.2, 0) is 4.79 Å². The number of hydrogen-bond donors (Lipinski definition) is 1. The lowest BCUT2D eigenvalue weighted by Crippen LogP contribution is -2.30. The summed E-state index contributed by atoms with van der Waals surface area (Å²) in [6.07, 6.45) is -5.03. The van der Waals surface area contributed by atoms with Gasteiger partial charge in [-0.15, -0.1) is 0 Å². The molecule has 0 atom stereocenters. The van der Waals surface area contributed by atoms with Gasteiger partial charge >= 0.3 is 12.1 Å². The van der Waals surface area contributed by atoms with Crippen molar-refractivity contribution in [1.29, 1.82) is 0 Å². The van der Waals surface area contributed by atoms with Gasteiger partial charge in [-0.1, -0.05) is 35.9 Å². The van der Waals surface area contributed by atoms with Crippen molar-refractivity contribution >= 4 is 29.0 Å². The number of halogens is 4. The Hall–Kier alpha value is -2.34. The molecule has 0 fully saturated rings. The second-order valence-electron chi connectivity index (χ2n) is 4.70. The third kappa shape index (κ3) is 2.25. The maximum Gasteiger partial charge on any atom is 0.471 e. The number of fused-ring (bicyclic) bond motifs is 3. The highest BCUT2D eigenvalue weighted by Gasteiger charge is 2.39. The summed E-state index contributed by atoms with van der Waals surface area (Å²) in [6.45, 7) is 0. The van der Waals surface area contributed by atoms with Crippen LogP contribution < -0.4 is 5.32 Å². The van der Waals surface area contributed by atoms with Crippen LogP contribution in [0.1, 0.15) is 15.9 Å². The van der Waals surface area contributed by atoms with Gasteiger partial charge in [0.05, 0.1) is 10.7 Å². The molecular formula is C15H7ClF3NO2. The van der Waals surface area contributed by atoms with E-state index in [0.29, 0.717) is 16.7 Å². The standard InChI is InChI=1S/C15H7ClF3NO2/c16-11-5-9-7-3-1-2-4-8(7)13(21)10(9)6-12(11)20-14(22)15(17,18)19/h1-6H,(H,20,22). The van der Waals surface area contributed by atoms with E-state index in [-0.39, 0.29) is 22.1 Å². The molecule has 0 spiro atoms. The van der Waals surface area contributed by atoms with Gasteiger partial charge < -0.3 is 5.32 Å². The van der Waals surface area contributed by atoms with Crippen molar-refractivity contribution in [2.45, 2.75) is 6.18 Å². The van der Waals surface area contributed by atoms with E-state index in [0.717, 1.165) is 0 Å². The fourth-order valence-corrected chi connectivity index (χ4v) is 2.54. The molecule has 1 N–H and O–H groups in total. The molecule has 3 rings (SSSR count). The van der Waals surface area contributed by atoms with Crippen LogP contribution in [0, 0.1) is 0 Å². The third-order valence-corrected chi connectivity index (χ3v) is 3.63. The number of carbonyl (C=O) groups excluding carboxylic acids is 2. The second-order valence-corrected chi connectivity index (χ2v) is 5.11. The van der Waals surface area contributed by atoms with E-state index in [4.69, 9.17) is 11.6 Å². The number of carbonyl (C=O) groups is 2. The van der Waals surface area contributed by atoms with Crippen LogP contribution in [0.25, 0.3) is 11.1 Å². The Morgan fingerprint density at radius 1 is 1.00 bits per heavy atom. The molecule has 3 nitrogen and oxygen atoms in total. The number of hydrogen-bond acceptors (Lipinski definition) is 2. The molecule has 1 aliphatic carbocycles. The number of anilines is 1. The number of benzene rings is 2. The molecule has 0 radical (unpaired) electrons. The number of amides is 1. The predicted molar refractivity (Wildman–Crippen MR) is 75.0 cm³/mol. The van der Waals surface area contributed by atoms with Crippen molar-refractivity contribution < 1.29 is 22.8 Å². The molecule has 0 saturated heterocycles. The molecule has 2 aromatic carbocycles. The summed E-state index contributed by atoms with van der Waals surface area (Å²) in [5, 5.41) is 1.61. The van der Waals surface area contributed by atoms with Gasteiger partial charge in [0, 0.05) is 11.1 Å². The summed E-state index contributed by atoms with van der Waals surface area (Å²) in [5.41, 5.74) is 1.62. The van der Waals surface area contributed by atoms with Gasteiger partial charge in [-0.3, -0.25) is 9.59 Å². The first-order valence-corrected chi connectivity index (χ1v) is 6.52. The van der Waals surface area contributed by atoms with Crippen molar-refractivity contribution in [3.8, 4) is 11.1 Å². The molecule has 0 unspecified atom stereocenters. The Kier molecular flexibility index (Phi) is 3.21. The van der Waals surface area contributed by atoms with Crippen LogP contribution in [0.2, 0.25) is 5.02 Å². The molecule has 112 valence electrons. The van der Waals surface area contributed by atoms with E-state index in [1.54, 1.807) is 29.6 Å². The van der Waals surface area contributed by atoms with E-state index in [1.807, 2.05) is 0 Å². The fraction of sp³-hybridized carbons (Fsp3) is 0.0667.